The molecule has 112 valence electrons. The van der Waals surface area contributed by atoms with E-state index in [1.165, 1.54) is 12.1 Å². The van der Waals surface area contributed by atoms with Gasteiger partial charge in [0.1, 0.15) is 11.6 Å². The third-order valence-corrected chi connectivity index (χ3v) is 3.46. The standard InChI is InChI=1S/C17H16N2O3/c1-11(2)15-8-7-14(9-18)16(20)19(15)10-12-3-5-13(6-4-12)17(21)22/h3-8,11H,10H2,1-2H3,(H,21,22). The first-order chi connectivity index (χ1) is 10.4. The van der Waals surface area contributed by atoms with Crippen LogP contribution in [0, 0.1) is 11.3 Å². The minimum atomic E-state index is -0.988. The minimum Gasteiger partial charge on any atom is -0.478 e. The van der Waals surface area contributed by atoms with Crippen LogP contribution in [0.3, 0.4) is 0 Å². The average molecular weight is 296 g/mol. The number of nitrogens with zero attached hydrogens (tertiary/aromatic N) is 2. The van der Waals surface area contributed by atoms with Crippen molar-refractivity contribution < 1.29 is 9.90 Å². The van der Waals surface area contributed by atoms with Gasteiger partial charge in [0.25, 0.3) is 5.56 Å². The molecular weight excluding hydrogens is 280 g/mol. The summed E-state index contributed by atoms with van der Waals surface area (Å²) in [5.74, 6) is -0.850. The number of carbonyl (C=O) groups is 1. The second kappa shape index (κ2) is 6.27. The molecule has 0 aliphatic carbocycles. The maximum atomic E-state index is 12.4. The lowest BCUT2D eigenvalue weighted by atomic mass is 10.1. The monoisotopic (exact) mass is 296 g/mol. The number of benzene rings is 1. The van der Waals surface area contributed by atoms with Crippen molar-refractivity contribution in [3.8, 4) is 6.07 Å². The van der Waals surface area contributed by atoms with E-state index < -0.39 is 5.97 Å². The predicted molar refractivity (Wildman–Crippen MR) is 82.0 cm³/mol. The molecule has 0 radical (unpaired) electrons. The maximum absolute atomic E-state index is 12.4. The second-order valence-corrected chi connectivity index (χ2v) is 5.33. The van der Waals surface area contributed by atoms with Crippen molar-refractivity contribution in [3.63, 3.8) is 0 Å². The molecule has 0 aliphatic heterocycles. The Labute approximate surface area is 128 Å². The van der Waals surface area contributed by atoms with Crippen LogP contribution in [0.15, 0.2) is 41.2 Å². The zero-order chi connectivity index (χ0) is 16.3. The summed E-state index contributed by atoms with van der Waals surface area (Å²) in [6, 6.07) is 11.6. The number of aromatic nitrogens is 1. The van der Waals surface area contributed by atoms with Gasteiger partial charge in [0.05, 0.1) is 12.1 Å². The molecule has 0 aliphatic rings. The number of pyridine rings is 1. The molecule has 0 atom stereocenters. The molecule has 0 spiro atoms. The summed E-state index contributed by atoms with van der Waals surface area (Å²) < 4.78 is 1.57. The van der Waals surface area contributed by atoms with Gasteiger partial charge in [0.15, 0.2) is 0 Å². The number of rotatable bonds is 4. The molecule has 2 rings (SSSR count). The molecule has 1 heterocycles. The van der Waals surface area contributed by atoms with Crippen LogP contribution in [0.5, 0.6) is 0 Å². The Kier molecular flexibility index (Phi) is 4.42. The lowest BCUT2D eigenvalue weighted by molar-refractivity contribution is 0.0697. The van der Waals surface area contributed by atoms with Crippen LogP contribution < -0.4 is 5.56 Å². The van der Waals surface area contributed by atoms with Crippen LogP contribution >= 0.6 is 0 Å². The van der Waals surface area contributed by atoms with Gasteiger partial charge < -0.3 is 9.67 Å². The van der Waals surface area contributed by atoms with E-state index in [4.69, 9.17) is 10.4 Å². The van der Waals surface area contributed by atoms with E-state index in [1.54, 1.807) is 28.8 Å². The Morgan fingerprint density at radius 3 is 2.36 bits per heavy atom. The Morgan fingerprint density at radius 1 is 1.23 bits per heavy atom. The van der Waals surface area contributed by atoms with Crippen molar-refractivity contribution in [2.24, 2.45) is 0 Å². The quantitative estimate of drug-likeness (QED) is 0.940. The fourth-order valence-corrected chi connectivity index (χ4v) is 2.28. The van der Waals surface area contributed by atoms with Crippen molar-refractivity contribution in [2.75, 3.05) is 0 Å². The zero-order valence-corrected chi connectivity index (χ0v) is 12.4. The third kappa shape index (κ3) is 3.07. The van der Waals surface area contributed by atoms with Crippen LogP contribution in [0.4, 0.5) is 0 Å². The molecule has 2 aromatic rings. The molecule has 1 aromatic heterocycles. The predicted octanol–water partition coefficient (Wildman–Crippen LogP) is 2.59. The summed E-state index contributed by atoms with van der Waals surface area (Å²) in [5.41, 5.74) is 1.63. The maximum Gasteiger partial charge on any atom is 0.335 e. The van der Waals surface area contributed by atoms with Gasteiger partial charge in [-0.25, -0.2) is 4.79 Å². The van der Waals surface area contributed by atoms with Crippen molar-refractivity contribution in [3.05, 3.63) is 69.1 Å². The first-order valence-corrected chi connectivity index (χ1v) is 6.90. The molecule has 0 saturated carbocycles. The van der Waals surface area contributed by atoms with Crippen LogP contribution in [-0.4, -0.2) is 15.6 Å². The van der Waals surface area contributed by atoms with E-state index in [-0.39, 0.29) is 22.6 Å². The summed E-state index contributed by atoms with van der Waals surface area (Å²) in [6.07, 6.45) is 0. The van der Waals surface area contributed by atoms with Gasteiger partial charge in [0, 0.05) is 5.69 Å². The fraction of sp³-hybridized carbons (Fsp3) is 0.235. The summed E-state index contributed by atoms with van der Waals surface area (Å²) >= 11 is 0. The van der Waals surface area contributed by atoms with Crippen LogP contribution in [0.1, 0.15) is 46.9 Å². The van der Waals surface area contributed by atoms with E-state index in [2.05, 4.69) is 0 Å². The van der Waals surface area contributed by atoms with Crippen molar-refractivity contribution in [1.29, 1.82) is 5.26 Å². The van der Waals surface area contributed by atoms with Gasteiger partial charge in [-0.05, 0) is 35.7 Å². The highest BCUT2D eigenvalue weighted by atomic mass is 16.4. The third-order valence-electron chi connectivity index (χ3n) is 3.46. The summed E-state index contributed by atoms with van der Waals surface area (Å²) in [6.45, 7) is 4.26. The van der Waals surface area contributed by atoms with E-state index >= 15 is 0 Å². The molecule has 0 saturated heterocycles. The first kappa shape index (κ1) is 15.5. The van der Waals surface area contributed by atoms with E-state index in [9.17, 15) is 9.59 Å². The average Bonchev–Trinajstić information content (AvgIpc) is 2.49. The van der Waals surface area contributed by atoms with E-state index in [0.29, 0.717) is 6.54 Å². The molecule has 0 amide bonds. The number of hydrogen-bond acceptors (Lipinski definition) is 3. The largest absolute Gasteiger partial charge is 0.478 e. The van der Waals surface area contributed by atoms with Gasteiger partial charge >= 0.3 is 5.97 Å². The van der Waals surface area contributed by atoms with Gasteiger partial charge in [-0.15, -0.1) is 0 Å². The van der Waals surface area contributed by atoms with Crippen LogP contribution in [0.25, 0.3) is 0 Å². The SMILES string of the molecule is CC(C)c1ccc(C#N)c(=O)n1Cc1ccc(C(=O)O)cc1. The number of hydrogen-bond donors (Lipinski definition) is 1. The molecule has 0 bridgehead atoms. The zero-order valence-electron chi connectivity index (χ0n) is 12.4. The van der Waals surface area contributed by atoms with Crippen molar-refractivity contribution >= 4 is 5.97 Å². The number of aromatic carboxylic acids is 1. The molecule has 5 heteroatoms. The van der Waals surface area contributed by atoms with Crippen molar-refractivity contribution in [2.45, 2.75) is 26.3 Å². The highest BCUT2D eigenvalue weighted by molar-refractivity contribution is 5.87. The van der Waals surface area contributed by atoms with Crippen molar-refractivity contribution in [1.82, 2.24) is 4.57 Å². The Hall–Kier alpha value is -2.87. The van der Waals surface area contributed by atoms with Gasteiger partial charge in [0.2, 0.25) is 0 Å². The van der Waals surface area contributed by atoms with Gasteiger partial charge in [-0.2, -0.15) is 5.26 Å². The topological polar surface area (TPSA) is 83.1 Å². The Balaban J connectivity index is 2.46. The lowest BCUT2D eigenvalue weighted by Crippen LogP contribution is -2.26. The van der Waals surface area contributed by atoms with E-state index in [0.717, 1.165) is 11.3 Å². The Bertz CT molecular complexity index is 796. The molecule has 1 aromatic carbocycles. The Morgan fingerprint density at radius 2 is 1.86 bits per heavy atom. The summed E-state index contributed by atoms with van der Waals surface area (Å²) in [4.78, 5) is 23.2. The molecular formula is C17H16N2O3. The highest BCUT2D eigenvalue weighted by Crippen LogP contribution is 2.15. The van der Waals surface area contributed by atoms with Crippen LogP contribution in [-0.2, 0) is 6.54 Å². The van der Waals surface area contributed by atoms with E-state index in [1.807, 2.05) is 19.9 Å². The lowest BCUT2D eigenvalue weighted by Gasteiger charge is -2.16. The smallest absolute Gasteiger partial charge is 0.335 e. The highest BCUT2D eigenvalue weighted by Gasteiger charge is 2.12. The number of carboxylic acids is 1. The first-order valence-electron chi connectivity index (χ1n) is 6.90. The van der Waals surface area contributed by atoms with Gasteiger partial charge in [-0.3, -0.25) is 4.79 Å². The number of nitriles is 1. The fourth-order valence-electron chi connectivity index (χ4n) is 2.28. The molecule has 22 heavy (non-hydrogen) atoms. The van der Waals surface area contributed by atoms with Gasteiger partial charge in [-0.1, -0.05) is 26.0 Å². The molecule has 0 fully saturated rings. The minimum absolute atomic E-state index is 0.103. The summed E-state index contributed by atoms with van der Waals surface area (Å²) in [7, 11) is 0. The summed E-state index contributed by atoms with van der Waals surface area (Å²) in [5, 5.41) is 17.9. The van der Waals surface area contributed by atoms with Crippen LogP contribution in [0.2, 0.25) is 0 Å². The number of carboxylic acid groups (broad SMARTS) is 1. The molecule has 1 N–H and O–H groups in total. The molecule has 5 nitrogen and oxygen atoms in total. The normalized spacial score (nSPS) is 10.5. The molecule has 0 unspecified atom stereocenters. The second-order valence-electron chi connectivity index (χ2n) is 5.33.